The first-order chi connectivity index (χ1) is 10.1. The van der Waals surface area contributed by atoms with E-state index in [9.17, 15) is 4.39 Å². The Balaban J connectivity index is 2.51. The Bertz CT molecular complexity index is 600. The van der Waals surface area contributed by atoms with Crippen molar-refractivity contribution in [2.45, 2.75) is 32.7 Å². The highest BCUT2D eigenvalue weighted by Gasteiger charge is 2.25. The highest BCUT2D eigenvalue weighted by molar-refractivity contribution is 7.05. The van der Waals surface area contributed by atoms with Crippen molar-refractivity contribution in [3.05, 3.63) is 40.2 Å². The zero-order valence-electron chi connectivity index (χ0n) is 12.7. The van der Waals surface area contributed by atoms with Crippen LogP contribution in [0.5, 0.6) is 5.75 Å². The van der Waals surface area contributed by atoms with Crippen molar-refractivity contribution in [1.29, 1.82) is 0 Å². The summed E-state index contributed by atoms with van der Waals surface area (Å²) in [4.78, 5) is 0.957. The fourth-order valence-corrected chi connectivity index (χ4v) is 3.16. The second kappa shape index (κ2) is 6.95. The van der Waals surface area contributed by atoms with Crippen LogP contribution in [0.15, 0.2) is 18.2 Å². The molecule has 1 atom stereocenters. The molecule has 0 bridgehead atoms. The summed E-state index contributed by atoms with van der Waals surface area (Å²) in [5, 5.41) is 7.52. The van der Waals surface area contributed by atoms with Crippen molar-refractivity contribution < 1.29 is 9.13 Å². The number of nitrogens with zero attached hydrogens (tertiary/aromatic N) is 2. The third-order valence-corrected chi connectivity index (χ3v) is 4.09. The van der Waals surface area contributed by atoms with Gasteiger partial charge in [-0.3, -0.25) is 0 Å². The van der Waals surface area contributed by atoms with Crippen LogP contribution >= 0.6 is 11.5 Å². The molecule has 2 rings (SSSR count). The van der Waals surface area contributed by atoms with Crippen molar-refractivity contribution in [2.75, 3.05) is 13.7 Å². The van der Waals surface area contributed by atoms with E-state index in [4.69, 9.17) is 4.74 Å². The van der Waals surface area contributed by atoms with Crippen molar-refractivity contribution >= 4 is 11.5 Å². The normalized spacial score (nSPS) is 12.7. The molecule has 0 aliphatic rings. The first-order valence-electron chi connectivity index (χ1n) is 6.98. The highest BCUT2D eigenvalue weighted by atomic mass is 32.1. The second-order valence-corrected chi connectivity index (χ2v) is 5.82. The van der Waals surface area contributed by atoms with Crippen LogP contribution < -0.4 is 10.1 Å². The number of aromatic nitrogens is 2. The van der Waals surface area contributed by atoms with Crippen LogP contribution in [0, 0.1) is 5.82 Å². The fraction of sp³-hybridized carbons (Fsp3) is 0.467. The van der Waals surface area contributed by atoms with Gasteiger partial charge in [-0.2, -0.15) is 0 Å². The quantitative estimate of drug-likeness (QED) is 0.887. The van der Waals surface area contributed by atoms with Gasteiger partial charge in [-0.25, -0.2) is 4.39 Å². The zero-order chi connectivity index (χ0) is 15.4. The van der Waals surface area contributed by atoms with Gasteiger partial charge in [0.25, 0.3) is 0 Å². The predicted octanol–water partition coefficient (Wildman–Crippen LogP) is 3.51. The van der Waals surface area contributed by atoms with Crippen LogP contribution in [-0.4, -0.2) is 23.2 Å². The van der Waals surface area contributed by atoms with E-state index in [0.29, 0.717) is 5.56 Å². The molecular formula is C15H20FN3OS. The van der Waals surface area contributed by atoms with Crippen LogP contribution in [0.3, 0.4) is 0 Å². The van der Waals surface area contributed by atoms with Crippen molar-refractivity contribution in [2.24, 2.45) is 0 Å². The van der Waals surface area contributed by atoms with Crippen LogP contribution in [0.2, 0.25) is 0 Å². The number of rotatable bonds is 6. The molecule has 2 aromatic rings. The molecule has 0 spiro atoms. The Labute approximate surface area is 128 Å². The number of nitrogens with one attached hydrogen (secondary N) is 1. The lowest BCUT2D eigenvalue weighted by molar-refractivity contribution is 0.382. The molecule has 0 aliphatic heterocycles. The third kappa shape index (κ3) is 3.22. The van der Waals surface area contributed by atoms with Crippen LogP contribution in [0.4, 0.5) is 4.39 Å². The maximum absolute atomic E-state index is 14.6. The van der Waals surface area contributed by atoms with E-state index in [-0.39, 0.29) is 23.5 Å². The number of hydrogen-bond acceptors (Lipinski definition) is 5. The average Bonchev–Trinajstić information content (AvgIpc) is 2.95. The SMILES string of the molecule is CCNC(c1cccc(OC)c1F)c1snnc1C(C)C. The van der Waals surface area contributed by atoms with Gasteiger partial charge in [0.2, 0.25) is 0 Å². The molecule has 21 heavy (non-hydrogen) atoms. The van der Waals surface area contributed by atoms with Crippen molar-refractivity contribution in [3.63, 3.8) is 0 Å². The van der Waals surface area contributed by atoms with E-state index in [1.165, 1.54) is 18.6 Å². The molecule has 114 valence electrons. The van der Waals surface area contributed by atoms with Crippen LogP contribution in [0.1, 0.15) is 48.9 Å². The van der Waals surface area contributed by atoms with Crippen LogP contribution in [-0.2, 0) is 0 Å². The van der Waals surface area contributed by atoms with Crippen molar-refractivity contribution in [3.8, 4) is 5.75 Å². The molecular weight excluding hydrogens is 289 g/mol. The largest absolute Gasteiger partial charge is 0.494 e. The summed E-state index contributed by atoms with van der Waals surface area (Å²) in [6.45, 7) is 6.84. The van der Waals surface area contributed by atoms with E-state index in [1.54, 1.807) is 18.2 Å². The molecule has 0 aliphatic carbocycles. The predicted molar refractivity (Wildman–Crippen MR) is 82.5 cm³/mol. The molecule has 0 radical (unpaired) electrons. The summed E-state index contributed by atoms with van der Waals surface area (Å²) in [5.41, 5.74) is 1.47. The van der Waals surface area contributed by atoms with Gasteiger partial charge in [-0.1, -0.05) is 37.4 Å². The number of benzene rings is 1. The Morgan fingerprint density at radius 3 is 2.76 bits per heavy atom. The molecule has 4 nitrogen and oxygen atoms in total. The number of methoxy groups -OCH3 is 1. The molecule has 1 unspecified atom stereocenters. The number of halogens is 1. The van der Waals surface area contributed by atoms with Gasteiger partial charge in [0.15, 0.2) is 11.6 Å². The summed E-state index contributed by atoms with van der Waals surface area (Å²) in [7, 11) is 1.47. The molecule has 0 saturated carbocycles. The van der Waals surface area contributed by atoms with Crippen molar-refractivity contribution in [1.82, 2.24) is 14.9 Å². The summed E-state index contributed by atoms with van der Waals surface area (Å²) in [6.07, 6.45) is 0. The van der Waals surface area contributed by atoms with E-state index < -0.39 is 0 Å². The Kier molecular flexibility index (Phi) is 5.25. The van der Waals surface area contributed by atoms with E-state index in [1.807, 2.05) is 6.92 Å². The maximum Gasteiger partial charge on any atom is 0.170 e. The molecule has 1 heterocycles. The summed E-state index contributed by atoms with van der Waals surface area (Å²) >= 11 is 1.31. The number of hydrogen-bond donors (Lipinski definition) is 1. The minimum absolute atomic E-state index is 0.244. The molecule has 1 N–H and O–H groups in total. The van der Waals surface area contributed by atoms with Gasteiger partial charge in [-0.05, 0) is 30.1 Å². The Morgan fingerprint density at radius 1 is 1.38 bits per heavy atom. The van der Waals surface area contributed by atoms with Gasteiger partial charge in [0, 0.05) is 5.56 Å². The maximum atomic E-state index is 14.6. The summed E-state index contributed by atoms with van der Waals surface area (Å²) in [5.74, 6) is 0.154. The van der Waals surface area contributed by atoms with E-state index in [2.05, 4.69) is 28.8 Å². The minimum Gasteiger partial charge on any atom is -0.494 e. The fourth-order valence-electron chi connectivity index (χ4n) is 2.26. The Hall–Kier alpha value is -1.53. The second-order valence-electron chi connectivity index (χ2n) is 5.03. The van der Waals surface area contributed by atoms with Gasteiger partial charge in [-0.15, -0.1) is 5.10 Å². The Morgan fingerprint density at radius 2 is 2.14 bits per heavy atom. The molecule has 1 aromatic carbocycles. The minimum atomic E-state index is -0.339. The first kappa shape index (κ1) is 15.9. The molecule has 0 saturated heterocycles. The third-order valence-electron chi connectivity index (χ3n) is 3.28. The summed E-state index contributed by atoms with van der Waals surface area (Å²) in [6, 6.07) is 4.93. The first-order valence-corrected chi connectivity index (χ1v) is 7.75. The topological polar surface area (TPSA) is 47.0 Å². The lowest BCUT2D eigenvalue weighted by atomic mass is 9.99. The standard InChI is InChI=1S/C15H20FN3OS/c1-5-17-14(15-13(9(2)3)18-19-21-15)10-7-6-8-11(20-4)12(10)16/h6-9,14,17H,5H2,1-4H3. The molecule has 0 fully saturated rings. The van der Waals surface area contributed by atoms with Gasteiger partial charge < -0.3 is 10.1 Å². The number of ether oxygens (including phenoxy) is 1. The monoisotopic (exact) mass is 309 g/mol. The molecule has 0 amide bonds. The van der Waals surface area contributed by atoms with E-state index >= 15 is 0 Å². The molecule has 6 heteroatoms. The summed E-state index contributed by atoms with van der Waals surface area (Å²) < 4.78 is 23.7. The van der Waals surface area contributed by atoms with Gasteiger partial charge in [0.05, 0.1) is 23.7 Å². The average molecular weight is 309 g/mol. The smallest absolute Gasteiger partial charge is 0.170 e. The molecule has 1 aromatic heterocycles. The van der Waals surface area contributed by atoms with Gasteiger partial charge >= 0.3 is 0 Å². The van der Waals surface area contributed by atoms with Crippen LogP contribution in [0.25, 0.3) is 0 Å². The lowest BCUT2D eigenvalue weighted by Gasteiger charge is -2.20. The van der Waals surface area contributed by atoms with E-state index in [0.717, 1.165) is 17.1 Å². The van der Waals surface area contributed by atoms with Gasteiger partial charge in [0.1, 0.15) is 0 Å². The lowest BCUT2D eigenvalue weighted by Crippen LogP contribution is -2.23. The zero-order valence-corrected chi connectivity index (χ0v) is 13.5. The highest BCUT2D eigenvalue weighted by Crippen LogP contribution is 2.34.